The lowest BCUT2D eigenvalue weighted by atomic mass is 10.00. The Labute approximate surface area is 253 Å². The largest absolute Gasteiger partial charge is 0.387 e. The third-order valence-electron chi connectivity index (χ3n) is 7.18. The molecule has 2 fully saturated rings. The van der Waals surface area contributed by atoms with Gasteiger partial charge in [-0.25, -0.2) is 4.98 Å². The Morgan fingerprint density at radius 3 is 2.20 bits per heavy atom. The van der Waals surface area contributed by atoms with Gasteiger partial charge < -0.3 is 65.9 Å². The van der Waals surface area contributed by atoms with E-state index in [1.165, 1.54) is 35.2 Å². The molecule has 3 aromatic rings. The highest BCUT2D eigenvalue weighted by atomic mass is 31.2. The fourth-order valence-corrected chi connectivity index (χ4v) is 8.18. The smallest absolute Gasteiger partial charge is 0.340 e. The minimum Gasteiger partial charge on any atom is -0.387 e. The van der Waals surface area contributed by atoms with Crippen LogP contribution in [0.25, 0.3) is 11.2 Å². The summed E-state index contributed by atoms with van der Waals surface area (Å²) in [4.78, 5) is 43.8. The van der Waals surface area contributed by atoms with Crippen LogP contribution in [-0.4, -0.2) is 111 Å². The van der Waals surface area contributed by atoms with Gasteiger partial charge in [0.05, 0.1) is 19.5 Å². The van der Waals surface area contributed by atoms with Crippen molar-refractivity contribution in [2.24, 2.45) is 5.73 Å². The number of rotatable bonds is 11. The number of amides is 1. The van der Waals surface area contributed by atoms with Crippen LogP contribution in [0.5, 0.6) is 0 Å². The molecule has 10 atom stereocenters. The van der Waals surface area contributed by atoms with E-state index in [2.05, 4.69) is 15.0 Å². The number of nitrogen functional groups attached to an aromatic ring is 2. The van der Waals surface area contributed by atoms with Gasteiger partial charge in [-0.05, 0) is 17.7 Å². The third-order valence-corrected chi connectivity index (χ3v) is 11.1. The van der Waals surface area contributed by atoms with Gasteiger partial charge in [0, 0.05) is 5.56 Å². The summed E-state index contributed by atoms with van der Waals surface area (Å²) >= 11 is 0. The molecule has 12 N–H and O–H groups in total. The Kier molecular flexibility index (Phi) is 9.31. The number of hydrogen-bond donors (Lipinski definition) is 9. The Hall–Kier alpha value is -3.10. The molecule has 246 valence electrons. The van der Waals surface area contributed by atoms with Crippen LogP contribution in [-0.2, 0) is 27.7 Å². The summed E-state index contributed by atoms with van der Waals surface area (Å²) in [7, 11) is -9.77. The first kappa shape index (κ1) is 33.3. The Morgan fingerprint density at radius 1 is 0.933 bits per heavy atom. The first-order valence-corrected chi connectivity index (χ1v) is 16.7. The summed E-state index contributed by atoms with van der Waals surface area (Å²) in [5.74, 6) is -2.36. The van der Waals surface area contributed by atoms with Gasteiger partial charge in [-0.2, -0.15) is 9.97 Å². The molecule has 45 heavy (non-hydrogen) atoms. The SMILES string of the molecule is NC(=O)c1cccc(C2OC(COP(=O)(O)CP(=O)(O)OCC3OC(n4cnc5c(N)nc(N)nc54)C(O)C3O)C(O)C2O)c1. The summed E-state index contributed by atoms with van der Waals surface area (Å²) in [5, 5.41) is 41.9. The number of carbonyl (C=O) groups is 1. The standard InChI is InChI=1S/C23H31N7O13P2/c24-19-13-21(29-23(26)28-19)30(7-27-13)22-17(34)15(32)12(43-22)6-41-45(38,39)8-44(36,37)40-5-11-14(31)16(33)18(42-11)9-2-1-3-10(4-9)20(25)35/h1-4,7,11-12,14-18,22,31-34H,5-6,8H2,(H2,25,35)(H,36,37)(H,38,39)(H4,24,26,28,29). The predicted octanol–water partition coefficient (Wildman–Crippen LogP) is -2.07. The van der Waals surface area contributed by atoms with E-state index in [9.17, 15) is 44.1 Å². The Morgan fingerprint density at radius 2 is 1.56 bits per heavy atom. The van der Waals surface area contributed by atoms with Crippen molar-refractivity contribution in [1.29, 1.82) is 0 Å². The molecule has 2 aliphatic heterocycles. The molecular weight excluding hydrogens is 644 g/mol. The zero-order chi connectivity index (χ0) is 32.8. The summed E-state index contributed by atoms with van der Waals surface area (Å²) in [6, 6.07) is 5.79. The zero-order valence-electron chi connectivity index (χ0n) is 23.1. The van der Waals surface area contributed by atoms with Crippen LogP contribution >= 0.6 is 15.2 Å². The number of anilines is 2. The van der Waals surface area contributed by atoms with Gasteiger partial charge in [0.25, 0.3) is 0 Å². The van der Waals surface area contributed by atoms with Crippen molar-refractivity contribution in [3.8, 4) is 0 Å². The number of nitrogens with zero attached hydrogens (tertiary/aromatic N) is 4. The molecular formula is C23H31N7O13P2. The average molecular weight is 675 g/mol. The Bertz CT molecular complexity index is 1680. The Balaban J connectivity index is 1.17. The van der Waals surface area contributed by atoms with Gasteiger partial charge in [-0.15, -0.1) is 0 Å². The first-order valence-electron chi connectivity index (χ1n) is 13.2. The van der Waals surface area contributed by atoms with Crippen molar-refractivity contribution in [3.63, 3.8) is 0 Å². The number of carbonyl (C=O) groups excluding carboxylic acids is 1. The number of hydrogen-bond acceptors (Lipinski definition) is 16. The van der Waals surface area contributed by atoms with Crippen LogP contribution in [0.4, 0.5) is 11.8 Å². The van der Waals surface area contributed by atoms with E-state index in [0.29, 0.717) is 5.56 Å². The number of ether oxygens (including phenoxy) is 2. The summed E-state index contributed by atoms with van der Waals surface area (Å²) in [5.41, 5.74) is 17.3. The van der Waals surface area contributed by atoms with E-state index >= 15 is 0 Å². The van der Waals surface area contributed by atoms with Crippen LogP contribution in [0.2, 0.25) is 0 Å². The second kappa shape index (κ2) is 12.6. The molecule has 2 saturated heterocycles. The summed E-state index contributed by atoms with van der Waals surface area (Å²) in [6.45, 7) is -1.56. The van der Waals surface area contributed by atoms with E-state index in [4.69, 9.17) is 35.7 Å². The molecule has 2 aliphatic rings. The average Bonchev–Trinajstić information content (AvgIpc) is 3.60. The topological polar surface area (TPSA) is 331 Å². The number of aromatic nitrogens is 4. The van der Waals surface area contributed by atoms with Gasteiger partial charge in [0.1, 0.15) is 48.2 Å². The molecule has 4 heterocycles. The van der Waals surface area contributed by atoms with E-state index in [1.54, 1.807) is 0 Å². The predicted molar refractivity (Wildman–Crippen MR) is 151 cm³/mol. The fourth-order valence-electron chi connectivity index (χ4n) is 4.96. The lowest BCUT2D eigenvalue weighted by molar-refractivity contribution is -0.0484. The van der Waals surface area contributed by atoms with Gasteiger partial charge in [-0.1, -0.05) is 12.1 Å². The molecule has 0 bridgehead atoms. The second-order valence-electron chi connectivity index (χ2n) is 10.4. The molecule has 0 aliphatic carbocycles. The van der Waals surface area contributed by atoms with Crippen LogP contribution in [0.1, 0.15) is 28.3 Å². The normalized spacial score (nSPS) is 31.2. The molecule has 0 spiro atoms. The molecule has 10 unspecified atom stereocenters. The molecule has 20 nitrogen and oxygen atoms in total. The van der Waals surface area contributed by atoms with Gasteiger partial charge in [-0.3, -0.25) is 18.5 Å². The molecule has 0 radical (unpaired) electrons. The first-order chi connectivity index (χ1) is 21.1. The minimum absolute atomic E-state index is 0.0407. The molecule has 2 aromatic heterocycles. The van der Waals surface area contributed by atoms with E-state index < -0.39 is 89.2 Å². The zero-order valence-corrected chi connectivity index (χ0v) is 24.9. The lowest BCUT2D eigenvalue weighted by Crippen LogP contribution is -2.33. The highest BCUT2D eigenvalue weighted by Gasteiger charge is 2.47. The minimum atomic E-state index is -4.89. The van der Waals surface area contributed by atoms with Crippen LogP contribution < -0.4 is 17.2 Å². The van der Waals surface area contributed by atoms with Gasteiger partial charge in [0.2, 0.25) is 11.9 Å². The van der Waals surface area contributed by atoms with Crippen molar-refractivity contribution in [1.82, 2.24) is 19.5 Å². The van der Waals surface area contributed by atoms with Crippen LogP contribution in [0.3, 0.4) is 0 Å². The number of imidazole rings is 1. The number of primary amides is 1. The van der Waals surface area contributed by atoms with Crippen molar-refractivity contribution in [2.75, 3.05) is 30.6 Å². The number of nitrogens with two attached hydrogens (primary N) is 3. The number of fused-ring (bicyclic) bond motifs is 1. The quantitative estimate of drug-likeness (QED) is 0.0986. The van der Waals surface area contributed by atoms with E-state index in [-0.39, 0.29) is 28.5 Å². The molecule has 1 amide bonds. The van der Waals surface area contributed by atoms with Crippen LogP contribution in [0.15, 0.2) is 30.6 Å². The monoisotopic (exact) mass is 675 g/mol. The highest BCUT2D eigenvalue weighted by molar-refractivity contribution is 7.70. The van der Waals surface area contributed by atoms with Crippen LogP contribution in [0, 0.1) is 0 Å². The molecule has 22 heteroatoms. The second-order valence-corrected chi connectivity index (χ2v) is 14.6. The number of aliphatic hydroxyl groups is 4. The van der Waals surface area contributed by atoms with Crippen molar-refractivity contribution < 1.29 is 62.7 Å². The van der Waals surface area contributed by atoms with Gasteiger partial charge in [0.15, 0.2) is 23.6 Å². The highest BCUT2D eigenvalue weighted by Crippen LogP contribution is 2.58. The lowest BCUT2D eigenvalue weighted by Gasteiger charge is -2.21. The third kappa shape index (κ3) is 7.02. The molecule has 0 saturated carbocycles. The summed E-state index contributed by atoms with van der Waals surface area (Å²) in [6.07, 6.45) is -10.3. The maximum Gasteiger partial charge on any atom is 0.340 e. The van der Waals surface area contributed by atoms with E-state index in [1.807, 2.05) is 0 Å². The van der Waals surface area contributed by atoms with Crippen molar-refractivity contribution >= 4 is 44.0 Å². The van der Waals surface area contributed by atoms with Gasteiger partial charge >= 0.3 is 15.2 Å². The molecule has 5 rings (SSSR count). The fraction of sp³-hybridized carbons (Fsp3) is 0.478. The van der Waals surface area contributed by atoms with Crippen molar-refractivity contribution in [3.05, 3.63) is 41.7 Å². The van der Waals surface area contributed by atoms with E-state index in [0.717, 1.165) is 0 Å². The number of aliphatic hydroxyl groups excluding tert-OH is 4. The summed E-state index contributed by atoms with van der Waals surface area (Å²) < 4.78 is 47.6. The van der Waals surface area contributed by atoms with Crippen molar-refractivity contribution in [2.45, 2.75) is 49.0 Å². The maximum absolute atomic E-state index is 12.7. The molecule has 1 aromatic carbocycles. The number of benzene rings is 1. The maximum atomic E-state index is 12.7.